The van der Waals surface area contributed by atoms with Gasteiger partial charge in [0.05, 0.1) is 10.0 Å². The van der Waals surface area contributed by atoms with Crippen LogP contribution in [0.15, 0.2) is 40.9 Å². The van der Waals surface area contributed by atoms with Gasteiger partial charge in [0.1, 0.15) is 0 Å². The quantitative estimate of drug-likeness (QED) is 0.344. The molecular weight excluding hydrogens is 447 g/mol. The third-order valence-electron chi connectivity index (χ3n) is 3.27. The zero-order valence-electron chi connectivity index (χ0n) is 15.9. The Morgan fingerprint density at radius 3 is 1.78 bits per heavy atom. The van der Waals surface area contributed by atoms with Gasteiger partial charge in [-0.1, -0.05) is 47.2 Å². The summed E-state index contributed by atoms with van der Waals surface area (Å²) in [7, 11) is 0. The Hall–Kier alpha value is -1.60. The van der Waals surface area contributed by atoms with Crippen molar-refractivity contribution in [3.63, 3.8) is 0 Å². The van der Waals surface area contributed by atoms with Gasteiger partial charge in [-0.15, -0.1) is 0 Å². The number of benzene rings is 2. The van der Waals surface area contributed by atoms with E-state index in [0.29, 0.717) is 21.2 Å². The molecule has 0 heterocycles. The normalized spacial score (nSPS) is 10.2. The zero-order chi connectivity index (χ0) is 20.8. The first-order chi connectivity index (χ1) is 12.4. The summed E-state index contributed by atoms with van der Waals surface area (Å²) in [5, 5.41) is 1.10. The molecule has 0 spiro atoms. The van der Waals surface area contributed by atoms with Crippen molar-refractivity contribution >= 4 is 50.7 Å². The molecule has 2 nitrogen and oxygen atoms in total. The highest BCUT2D eigenvalue weighted by Crippen LogP contribution is 2.23. The fourth-order valence-corrected chi connectivity index (χ4v) is 2.46. The van der Waals surface area contributed by atoms with Crippen molar-refractivity contribution in [2.45, 2.75) is 34.6 Å². The van der Waals surface area contributed by atoms with E-state index >= 15 is 0 Å². The summed E-state index contributed by atoms with van der Waals surface area (Å²) in [5.74, 6) is 6.17. The fraction of sp³-hybridized carbons (Fsp3) is 0.273. The average Bonchev–Trinajstić information content (AvgIpc) is 2.55. The molecule has 0 saturated heterocycles. The zero-order valence-corrected chi connectivity index (χ0v) is 19.0. The van der Waals surface area contributed by atoms with Crippen molar-refractivity contribution in [3.8, 4) is 11.8 Å². The van der Waals surface area contributed by atoms with E-state index in [1.165, 1.54) is 13.8 Å². The molecule has 0 unspecified atom stereocenters. The van der Waals surface area contributed by atoms with E-state index in [2.05, 4.69) is 27.8 Å². The Labute approximate surface area is 179 Å². The molecule has 142 valence electrons. The van der Waals surface area contributed by atoms with Gasteiger partial charge in [0, 0.05) is 26.6 Å². The van der Waals surface area contributed by atoms with Crippen molar-refractivity contribution in [2.75, 3.05) is 0 Å². The molecule has 0 bridgehead atoms. The van der Waals surface area contributed by atoms with Crippen LogP contribution in [0.4, 0.5) is 0 Å². The Kier molecular flexibility index (Phi) is 8.75. The van der Waals surface area contributed by atoms with Crippen molar-refractivity contribution < 1.29 is 9.59 Å². The highest BCUT2D eigenvalue weighted by atomic mass is 79.9. The van der Waals surface area contributed by atoms with Crippen LogP contribution < -0.4 is 0 Å². The predicted octanol–water partition coefficient (Wildman–Crippen LogP) is 7.25. The van der Waals surface area contributed by atoms with Gasteiger partial charge < -0.3 is 0 Å². The Morgan fingerprint density at radius 2 is 1.37 bits per heavy atom. The van der Waals surface area contributed by atoms with Crippen LogP contribution >= 0.6 is 39.1 Å². The molecule has 0 saturated carbocycles. The third-order valence-corrected chi connectivity index (χ3v) is 4.82. The summed E-state index contributed by atoms with van der Waals surface area (Å²) in [6.07, 6.45) is 0. The van der Waals surface area contributed by atoms with Crippen molar-refractivity contribution in [3.05, 3.63) is 67.6 Å². The summed E-state index contributed by atoms with van der Waals surface area (Å²) in [6, 6.07) is 10.3. The van der Waals surface area contributed by atoms with Crippen LogP contribution in [0.1, 0.15) is 60.9 Å². The van der Waals surface area contributed by atoms with E-state index in [9.17, 15) is 9.59 Å². The molecule has 0 aromatic heterocycles. The summed E-state index contributed by atoms with van der Waals surface area (Å²) >= 11 is 15.0. The SMILES string of the molecule is CC(=O)c1ccc(Br)c(Cl)c1.CC(=O)c1ccc(C#CC(C)(C)C)c(Cl)c1. The molecule has 0 aliphatic rings. The molecule has 2 aromatic carbocycles. The molecule has 0 fully saturated rings. The highest BCUT2D eigenvalue weighted by Gasteiger charge is 2.06. The number of carbonyl (C=O) groups is 2. The minimum absolute atomic E-state index is 0.0113. The number of Topliss-reactive ketones (excluding diaryl/α,β-unsaturated/α-hetero) is 2. The van der Waals surface area contributed by atoms with Gasteiger partial charge >= 0.3 is 0 Å². The van der Waals surface area contributed by atoms with Crippen molar-refractivity contribution in [1.29, 1.82) is 0 Å². The molecule has 27 heavy (non-hydrogen) atoms. The lowest BCUT2D eigenvalue weighted by Crippen LogP contribution is -1.99. The van der Waals surface area contributed by atoms with Gasteiger partial charge in [-0.3, -0.25) is 9.59 Å². The van der Waals surface area contributed by atoms with Gasteiger partial charge in [0.25, 0.3) is 0 Å². The number of rotatable bonds is 2. The number of hydrogen-bond donors (Lipinski definition) is 0. The molecule has 0 aliphatic heterocycles. The van der Waals surface area contributed by atoms with Crippen LogP contribution in [0.2, 0.25) is 10.0 Å². The van der Waals surface area contributed by atoms with Gasteiger partial charge in [-0.2, -0.15) is 0 Å². The van der Waals surface area contributed by atoms with E-state index in [4.69, 9.17) is 23.2 Å². The van der Waals surface area contributed by atoms with E-state index < -0.39 is 0 Å². The smallest absolute Gasteiger partial charge is 0.159 e. The standard InChI is InChI=1S/C14H15ClO.C8H6BrClO/c1-10(16)12-6-5-11(13(15)9-12)7-8-14(2,3)4;1-5(11)6-2-3-7(9)8(10)4-6/h5-6,9H,1-4H3;2-4H,1H3. The maximum atomic E-state index is 11.1. The minimum Gasteiger partial charge on any atom is -0.295 e. The first kappa shape index (κ1) is 23.4. The molecule has 2 rings (SSSR count). The molecule has 0 aliphatic carbocycles. The van der Waals surface area contributed by atoms with Gasteiger partial charge in [0.2, 0.25) is 0 Å². The highest BCUT2D eigenvalue weighted by molar-refractivity contribution is 9.10. The molecule has 2 aromatic rings. The summed E-state index contributed by atoms with van der Waals surface area (Å²) in [5.41, 5.74) is 1.97. The van der Waals surface area contributed by atoms with Gasteiger partial charge in [0.15, 0.2) is 11.6 Å². The van der Waals surface area contributed by atoms with Crippen LogP contribution in [0.5, 0.6) is 0 Å². The van der Waals surface area contributed by atoms with E-state index in [1.807, 2.05) is 20.8 Å². The second-order valence-electron chi connectivity index (χ2n) is 6.94. The number of halogens is 3. The monoisotopic (exact) mass is 466 g/mol. The van der Waals surface area contributed by atoms with Crippen LogP contribution in [-0.4, -0.2) is 11.6 Å². The first-order valence-electron chi connectivity index (χ1n) is 8.20. The second-order valence-corrected chi connectivity index (χ2v) is 8.60. The van der Waals surface area contributed by atoms with Crippen molar-refractivity contribution in [1.82, 2.24) is 0 Å². The Balaban J connectivity index is 0.000000289. The van der Waals surface area contributed by atoms with Gasteiger partial charge in [-0.05, 0) is 74.8 Å². The summed E-state index contributed by atoms with van der Waals surface area (Å²) < 4.78 is 0.809. The average molecular weight is 468 g/mol. The van der Waals surface area contributed by atoms with Crippen LogP contribution in [0.25, 0.3) is 0 Å². The number of ketones is 2. The van der Waals surface area contributed by atoms with E-state index in [0.717, 1.165) is 10.0 Å². The summed E-state index contributed by atoms with van der Waals surface area (Å²) in [6.45, 7) is 9.15. The number of carbonyl (C=O) groups excluding carboxylic acids is 2. The van der Waals surface area contributed by atoms with E-state index in [-0.39, 0.29) is 17.0 Å². The third kappa shape index (κ3) is 8.30. The lowest BCUT2D eigenvalue weighted by Gasteiger charge is -2.07. The van der Waals surface area contributed by atoms with Crippen LogP contribution in [0.3, 0.4) is 0 Å². The minimum atomic E-state index is -0.0530. The molecule has 5 heteroatoms. The predicted molar refractivity (Wildman–Crippen MR) is 117 cm³/mol. The van der Waals surface area contributed by atoms with E-state index in [1.54, 1.807) is 36.4 Å². The molecule has 0 radical (unpaired) electrons. The topological polar surface area (TPSA) is 34.1 Å². The lowest BCUT2D eigenvalue weighted by molar-refractivity contribution is 0.100. The Bertz CT molecular complexity index is 916. The maximum absolute atomic E-state index is 11.1. The maximum Gasteiger partial charge on any atom is 0.159 e. The first-order valence-corrected chi connectivity index (χ1v) is 9.75. The molecule has 0 amide bonds. The largest absolute Gasteiger partial charge is 0.295 e. The molecule has 0 atom stereocenters. The van der Waals surface area contributed by atoms with Crippen LogP contribution in [-0.2, 0) is 0 Å². The second kappa shape index (κ2) is 10.1. The lowest BCUT2D eigenvalue weighted by atomic mass is 9.97. The van der Waals surface area contributed by atoms with Crippen LogP contribution in [0, 0.1) is 17.3 Å². The molecular formula is C22H21BrCl2O2. The van der Waals surface area contributed by atoms with Crippen molar-refractivity contribution in [2.24, 2.45) is 5.41 Å². The fourth-order valence-electron chi connectivity index (χ4n) is 1.81. The molecule has 0 N–H and O–H groups in total. The number of hydrogen-bond acceptors (Lipinski definition) is 2. The Morgan fingerprint density at radius 1 is 0.889 bits per heavy atom. The van der Waals surface area contributed by atoms with Gasteiger partial charge in [-0.25, -0.2) is 0 Å². The summed E-state index contributed by atoms with van der Waals surface area (Å²) in [4.78, 5) is 22.0.